The highest BCUT2D eigenvalue weighted by molar-refractivity contribution is 5.94. The first kappa shape index (κ1) is 17.6. The van der Waals surface area contributed by atoms with E-state index in [1.54, 1.807) is 0 Å². The summed E-state index contributed by atoms with van der Waals surface area (Å²) in [6.45, 7) is 0.614. The van der Waals surface area contributed by atoms with Gasteiger partial charge in [-0.2, -0.15) is 5.10 Å². The number of aliphatic carboxylic acids is 1. The second-order valence-corrected chi connectivity index (χ2v) is 7.04. The van der Waals surface area contributed by atoms with Gasteiger partial charge in [-0.15, -0.1) is 0 Å². The van der Waals surface area contributed by atoms with Crippen molar-refractivity contribution in [1.29, 1.82) is 0 Å². The molecule has 1 aromatic carbocycles. The number of carbonyl (C=O) groups is 2. The highest BCUT2D eigenvalue weighted by Crippen LogP contribution is 2.30. The lowest BCUT2D eigenvalue weighted by molar-refractivity contribution is -0.143. The molecule has 4 rings (SSSR count). The van der Waals surface area contributed by atoms with Crippen LogP contribution in [-0.2, 0) is 17.6 Å². The summed E-state index contributed by atoms with van der Waals surface area (Å²) in [7, 11) is 0. The average molecular weight is 375 g/mol. The van der Waals surface area contributed by atoms with Crippen molar-refractivity contribution in [2.75, 3.05) is 13.1 Å². The molecule has 0 bridgehead atoms. The van der Waals surface area contributed by atoms with Gasteiger partial charge < -0.3 is 10.0 Å². The molecular weight excluding hydrogens is 356 g/mol. The van der Waals surface area contributed by atoms with Crippen molar-refractivity contribution < 1.29 is 23.5 Å². The van der Waals surface area contributed by atoms with E-state index in [1.807, 2.05) is 0 Å². The van der Waals surface area contributed by atoms with Crippen LogP contribution >= 0.6 is 0 Å². The summed E-state index contributed by atoms with van der Waals surface area (Å²) in [6.07, 6.45) is 3.24. The van der Waals surface area contributed by atoms with Crippen LogP contribution in [-0.4, -0.2) is 44.8 Å². The molecule has 1 aliphatic heterocycles. The van der Waals surface area contributed by atoms with Crippen molar-refractivity contribution in [2.24, 2.45) is 5.92 Å². The maximum atomic E-state index is 14.3. The zero-order valence-electron chi connectivity index (χ0n) is 14.6. The third-order valence-corrected chi connectivity index (χ3v) is 5.35. The zero-order valence-corrected chi connectivity index (χ0v) is 14.6. The van der Waals surface area contributed by atoms with Gasteiger partial charge in [0.1, 0.15) is 5.69 Å². The second kappa shape index (κ2) is 6.75. The molecule has 142 valence electrons. The topological polar surface area (TPSA) is 75.4 Å². The molecule has 1 N–H and O–H groups in total. The Hall–Kier alpha value is -2.77. The van der Waals surface area contributed by atoms with Crippen molar-refractivity contribution in [1.82, 2.24) is 14.7 Å². The van der Waals surface area contributed by atoms with E-state index in [0.29, 0.717) is 32.2 Å². The number of likely N-dealkylation sites (tertiary alicyclic amines) is 1. The molecule has 0 unspecified atom stereocenters. The molecular formula is C19H19F2N3O3. The van der Waals surface area contributed by atoms with Crippen LogP contribution in [0, 0.1) is 17.6 Å². The van der Waals surface area contributed by atoms with Crippen LogP contribution in [0.2, 0.25) is 0 Å². The lowest BCUT2D eigenvalue weighted by Crippen LogP contribution is -2.42. The van der Waals surface area contributed by atoms with Crippen LogP contribution in [0.3, 0.4) is 0 Å². The summed E-state index contributed by atoms with van der Waals surface area (Å²) in [5, 5.41) is 13.6. The largest absolute Gasteiger partial charge is 0.481 e. The maximum absolute atomic E-state index is 14.3. The minimum atomic E-state index is -1.00. The molecule has 1 saturated heterocycles. The normalized spacial score (nSPS) is 19.2. The van der Waals surface area contributed by atoms with E-state index in [-0.39, 0.29) is 23.8 Å². The van der Waals surface area contributed by atoms with Crippen LogP contribution in [0.25, 0.3) is 5.69 Å². The summed E-state index contributed by atoms with van der Waals surface area (Å²) >= 11 is 0. The number of hydrogen-bond donors (Lipinski definition) is 1. The van der Waals surface area contributed by atoms with Gasteiger partial charge >= 0.3 is 5.97 Å². The van der Waals surface area contributed by atoms with E-state index in [4.69, 9.17) is 0 Å². The molecule has 27 heavy (non-hydrogen) atoms. The lowest BCUT2D eigenvalue weighted by atomic mass is 9.98. The van der Waals surface area contributed by atoms with Gasteiger partial charge in [0.15, 0.2) is 17.3 Å². The van der Waals surface area contributed by atoms with Gasteiger partial charge in [-0.25, -0.2) is 13.5 Å². The minimum absolute atomic E-state index is 0.0192. The lowest BCUT2D eigenvalue weighted by Gasteiger charge is -2.30. The molecule has 2 heterocycles. The van der Waals surface area contributed by atoms with E-state index in [0.717, 1.165) is 23.7 Å². The highest BCUT2D eigenvalue weighted by atomic mass is 19.2. The number of aromatic nitrogens is 2. The molecule has 1 aromatic heterocycles. The molecule has 1 amide bonds. The second-order valence-electron chi connectivity index (χ2n) is 7.04. The molecule has 1 aliphatic carbocycles. The predicted octanol–water partition coefficient (Wildman–Crippen LogP) is 2.58. The number of fused-ring (bicyclic) bond motifs is 1. The van der Waals surface area contributed by atoms with E-state index >= 15 is 0 Å². The third-order valence-electron chi connectivity index (χ3n) is 5.35. The Morgan fingerprint density at radius 3 is 2.78 bits per heavy atom. The van der Waals surface area contributed by atoms with E-state index in [1.165, 1.54) is 21.7 Å². The predicted molar refractivity (Wildman–Crippen MR) is 91.8 cm³/mol. The fourth-order valence-electron chi connectivity index (χ4n) is 3.98. The first-order valence-corrected chi connectivity index (χ1v) is 9.04. The summed E-state index contributed by atoms with van der Waals surface area (Å²) in [5.74, 6) is -3.81. The number of benzene rings is 1. The van der Waals surface area contributed by atoms with E-state index < -0.39 is 23.5 Å². The SMILES string of the molecule is O=C(O)[C@H]1CCCN(C(=O)c2nn(-c3cccc(F)c3F)c3c2CCC3)C1. The monoisotopic (exact) mass is 375 g/mol. The molecule has 2 aromatic rings. The Balaban J connectivity index is 1.71. The van der Waals surface area contributed by atoms with Crippen molar-refractivity contribution in [3.05, 3.63) is 46.8 Å². The Bertz CT molecular complexity index is 925. The summed E-state index contributed by atoms with van der Waals surface area (Å²) in [4.78, 5) is 25.8. The van der Waals surface area contributed by atoms with Crippen LogP contribution in [0.5, 0.6) is 0 Å². The number of carbonyl (C=O) groups excluding carboxylic acids is 1. The molecule has 1 fully saturated rings. The molecule has 6 nitrogen and oxygen atoms in total. The number of nitrogens with zero attached hydrogens (tertiary/aromatic N) is 3. The van der Waals surface area contributed by atoms with E-state index in [2.05, 4.69) is 5.10 Å². The highest BCUT2D eigenvalue weighted by Gasteiger charge is 2.34. The average Bonchev–Trinajstić information content (AvgIpc) is 3.26. The smallest absolute Gasteiger partial charge is 0.308 e. The number of carboxylic acids is 1. The standard InChI is InChI=1S/C19H19F2N3O3/c20-13-6-2-8-15(16(13)21)24-14-7-1-5-12(14)17(22-24)18(25)23-9-3-4-11(10-23)19(26)27/h2,6,8,11H,1,3-5,7,9-10H2,(H,26,27)/t11-/m0/s1. The number of hydrogen-bond acceptors (Lipinski definition) is 3. The van der Waals surface area contributed by atoms with Gasteiger partial charge in [0.05, 0.1) is 5.92 Å². The van der Waals surface area contributed by atoms with Crippen LogP contribution < -0.4 is 0 Å². The first-order chi connectivity index (χ1) is 13.0. The van der Waals surface area contributed by atoms with Crippen molar-refractivity contribution in [2.45, 2.75) is 32.1 Å². The van der Waals surface area contributed by atoms with Gasteiger partial charge in [-0.3, -0.25) is 9.59 Å². The molecule has 1 atom stereocenters. The minimum Gasteiger partial charge on any atom is -0.481 e. The Kier molecular flexibility index (Phi) is 4.41. The van der Waals surface area contributed by atoms with Gasteiger partial charge in [-0.1, -0.05) is 6.07 Å². The maximum Gasteiger partial charge on any atom is 0.308 e. The number of halogens is 2. The number of amides is 1. The van der Waals surface area contributed by atoms with Crippen LogP contribution in [0.4, 0.5) is 8.78 Å². The molecule has 0 spiro atoms. The van der Waals surface area contributed by atoms with Gasteiger partial charge in [0.25, 0.3) is 5.91 Å². The van der Waals surface area contributed by atoms with Gasteiger partial charge in [-0.05, 0) is 44.2 Å². The Morgan fingerprint density at radius 1 is 1.19 bits per heavy atom. The third kappa shape index (κ3) is 2.98. The van der Waals surface area contributed by atoms with Crippen LogP contribution in [0.15, 0.2) is 18.2 Å². The van der Waals surface area contributed by atoms with Gasteiger partial charge in [0.2, 0.25) is 0 Å². The summed E-state index contributed by atoms with van der Waals surface area (Å²) in [6, 6.07) is 3.87. The number of rotatable bonds is 3. The fourth-order valence-corrected chi connectivity index (χ4v) is 3.98. The van der Waals surface area contributed by atoms with Crippen molar-refractivity contribution in [3.8, 4) is 5.69 Å². The summed E-state index contributed by atoms with van der Waals surface area (Å²) < 4.78 is 29.2. The fraction of sp³-hybridized carbons (Fsp3) is 0.421. The summed E-state index contributed by atoms with van der Waals surface area (Å²) in [5.41, 5.74) is 1.67. The van der Waals surface area contributed by atoms with Crippen molar-refractivity contribution >= 4 is 11.9 Å². The molecule has 8 heteroatoms. The molecule has 2 aliphatic rings. The van der Waals surface area contributed by atoms with Crippen molar-refractivity contribution in [3.63, 3.8) is 0 Å². The number of carboxylic acid groups (broad SMARTS) is 1. The molecule has 0 radical (unpaired) electrons. The zero-order chi connectivity index (χ0) is 19.1. The first-order valence-electron chi connectivity index (χ1n) is 9.04. The molecule has 0 saturated carbocycles. The Labute approximate surface area is 154 Å². The quantitative estimate of drug-likeness (QED) is 0.895. The van der Waals surface area contributed by atoms with Crippen LogP contribution in [0.1, 0.15) is 41.0 Å². The van der Waals surface area contributed by atoms with E-state index in [9.17, 15) is 23.5 Å². The number of piperidine rings is 1. The van der Waals surface area contributed by atoms with Gasteiger partial charge in [0, 0.05) is 24.3 Å². The Morgan fingerprint density at radius 2 is 2.00 bits per heavy atom.